The molecule has 0 bridgehead atoms. The number of rotatable bonds is 9. The van der Waals surface area contributed by atoms with Gasteiger partial charge < -0.3 is 9.47 Å². The van der Waals surface area contributed by atoms with E-state index in [2.05, 4.69) is 9.47 Å². The first kappa shape index (κ1) is 28.8. The van der Waals surface area contributed by atoms with Crippen molar-refractivity contribution in [1.29, 1.82) is 0 Å². The van der Waals surface area contributed by atoms with Crippen LogP contribution in [0.2, 0.25) is 0 Å². The van der Waals surface area contributed by atoms with Crippen LogP contribution in [0.5, 0.6) is 11.5 Å². The maximum Gasteiger partial charge on any atom is 0.459 e. The molecule has 3 rings (SSSR count). The van der Waals surface area contributed by atoms with E-state index in [1.54, 1.807) is 12.1 Å². The largest absolute Gasteiger partial charge is 0.459 e. The minimum Gasteiger partial charge on any atom is -0.425 e. The van der Waals surface area contributed by atoms with Gasteiger partial charge in [-0.05, 0) is 47.4 Å². The van der Waals surface area contributed by atoms with Crippen molar-refractivity contribution in [2.75, 3.05) is 0 Å². The molecule has 38 heavy (non-hydrogen) atoms. The van der Waals surface area contributed by atoms with Crippen LogP contribution in [0.15, 0.2) is 60.4 Å². The summed E-state index contributed by atoms with van der Waals surface area (Å²) in [5, 5.41) is 0. The maximum absolute atomic E-state index is 14.6. The molecule has 3 aromatic rings. The first-order chi connectivity index (χ1) is 17.7. The van der Waals surface area contributed by atoms with Gasteiger partial charge in [-0.25, -0.2) is 8.78 Å². The molecule has 0 unspecified atom stereocenters. The molecule has 0 amide bonds. The molecule has 0 aliphatic carbocycles. The van der Waals surface area contributed by atoms with Crippen LogP contribution in [-0.4, -0.2) is 6.11 Å². The van der Waals surface area contributed by atoms with Crippen LogP contribution in [0.25, 0.3) is 11.1 Å². The van der Waals surface area contributed by atoms with E-state index in [-0.39, 0.29) is 23.3 Å². The summed E-state index contributed by atoms with van der Waals surface area (Å²) in [5.74, 6) is -15.5. The van der Waals surface area contributed by atoms with Crippen LogP contribution < -0.4 is 9.47 Å². The van der Waals surface area contributed by atoms with Gasteiger partial charge in [-0.15, -0.1) is 0 Å². The van der Waals surface area contributed by atoms with E-state index in [0.29, 0.717) is 12.1 Å². The minimum absolute atomic E-state index is 0.0270. The van der Waals surface area contributed by atoms with E-state index in [1.165, 1.54) is 12.1 Å². The summed E-state index contributed by atoms with van der Waals surface area (Å²) in [6.07, 6.45) is -12.3. The van der Waals surface area contributed by atoms with Crippen molar-refractivity contribution in [3.63, 3.8) is 0 Å². The van der Waals surface area contributed by atoms with E-state index < -0.39 is 64.5 Å². The highest BCUT2D eigenvalue weighted by Gasteiger charge is 2.45. The molecular formula is C25H15F11O2. The Kier molecular flexibility index (Phi) is 8.27. The highest BCUT2D eigenvalue weighted by Crippen LogP contribution is 2.40. The zero-order chi connectivity index (χ0) is 28.4. The fourth-order valence-electron chi connectivity index (χ4n) is 3.32. The second-order valence-electron chi connectivity index (χ2n) is 7.76. The third-order valence-corrected chi connectivity index (χ3v) is 5.07. The Morgan fingerprint density at radius 2 is 1.21 bits per heavy atom. The standard InChI is InChI=1S/C25H15F11O2/c1-2-3-12-4-6-13(7-5-12)14-10-15(26)19(16(27)11-14)24(33,34)37-17-8-9-18(21(29)20(17)28)38-25(35,36)22(30)23(31)32/h4-11H,2-3H2,1H3. The Labute approximate surface area is 207 Å². The maximum atomic E-state index is 14.6. The molecule has 0 atom stereocenters. The van der Waals surface area contributed by atoms with Crippen LogP contribution >= 0.6 is 0 Å². The van der Waals surface area contributed by atoms with E-state index >= 15 is 0 Å². The zero-order valence-electron chi connectivity index (χ0n) is 19.0. The summed E-state index contributed by atoms with van der Waals surface area (Å²) in [7, 11) is 0. The van der Waals surface area contributed by atoms with Gasteiger partial charge in [0.2, 0.25) is 11.6 Å². The summed E-state index contributed by atoms with van der Waals surface area (Å²) in [4.78, 5) is 0. The minimum atomic E-state index is -5.44. The molecule has 0 aliphatic heterocycles. The van der Waals surface area contributed by atoms with Gasteiger partial charge in [0.1, 0.15) is 17.2 Å². The lowest BCUT2D eigenvalue weighted by molar-refractivity contribution is -0.191. The molecule has 0 radical (unpaired) electrons. The second-order valence-corrected chi connectivity index (χ2v) is 7.76. The van der Waals surface area contributed by atoms with E-state index in [9.17, 15) is 48.3 Å². The molecule has 0 spiro atoms. The Morgan fingerprint density at radius 1 is 0.711 bits per heavy atom. The number of hydrogen-bond donors (Lipinski definition) is 0. The summed E-state index contributed by atoms with van der Waals surface area (Å²) in [5.41, 5.74) is -0.869. The smallest absolute Gasteiger partial charge is 0.425 e. The third kappa shape index (κ3) is 6.03. The number of alkyl halides is 4. The van der Waals surface area contributed by atoms with Gasteiger partial charge in [0.05, 0.1) is 0 Å². The molecule has 0 aliphatic rings. The van der Waals surface area contributed by atoms with Gasteiger partial charge in [-0.2, -0.15) is 39.5 Å². The van der Waals surface area contributed by atoms with Crippen LogP contribution in [0.4, 0.5) is 48.3 Å². The van der Waals surface area contributed by atoms with Crippen molar-refractivity contribution >= 4 is 0 Å². The first-order valence-electron chi connectivity index (χ1n) is 10.6. The number of benzene rings is 3. The molecule has 2 nitrogen and oxygen atoms in total. The normalized spacial score (nSPS) is 11.9. The van der Waals surface area contributed by atoms with Crippen molar-refractivity contribution in [1.82, 2.24) is 0 Å². The number of halogens is 11. The quantitative estimate of drug-likeness (QED) is 0.245. The van der Waals surface area contributed by atoms with Crippen LogP contribution in [0.1, 0.15) is 24.5 Å². The van der Waals surface area contributed by atoms with Gasteiger partial charge in [0.15, 0.2) is 11.5 Å². The average molecular weight is 556 g/mol. The highest BCUT2D eigenvalue weighted by atomic mass is 19.3. The fourth-order valence-corrected chi connectivity index (χ4v) is 3.32. The lowest BCUT2D eigenvalue weighted by Crippen LogP contribution is -2.27. The van der Waals surface area contributed by atoms with Crippen molar-refractivity contribution in [2.45, 2.75) is 32.0 Å². The number of aryl methyl sites for hydroxylation is 1. The SMILES string of the molecule is CCCc1ccc(-c2cc(F)c(C(F)(F)Oc3ccc(OC(F)(F)C(F)=C(F)F)c(F)c3F)c(F)c2)cc1. The highest BCUT2D eigenvalue weighted by molar-refractivity contribution is 5.64. The van der Waals surface area contributed by atoms with Crippen LogP contribution in [-0.2, 0) is 12.5 Å². The number of hydrogen-bond acceptors (Lipinski definition) is 2. The van der Waals surface area contributed by atoms with Gasteiger partial charge in [-0.3, -0.25) is 0 Å². The molecule has 0 aromatic heterocycles. The van der Waals surface area contributed by atoms with Gasteiger partial charge in [-0.1, -0.05) is 37.6 Å². The van der Waals surface area contributed by atoms with E-state index in [0.717, 1.165) is 18.4 Å². The average Bonchev–Trinajstić information content (AvgIpc) is 2.83. The Balaban J connectivity index is 1.90. The monoisotopic (exact) mass is 556 g/mol. The molecule has 0 fully saturated rings. The molecule has 3 aromatic carbocycles. The van der Waals surface area contributed by atoms with Gasteiger partial charge in [0, 0.05) is 0 Å². The van der Waals surface area contributed by atoms with Crippen molar-refractivity contribution in [3.8, 4) is 22.6 Å². The lowest BCUT2D eigenvalue weighted by atomic mass is 10.00. The Hall–Kier alpha value is -3.77. The molecule has 0 heterocycles. The third-order valence-electron chi connectivity index (χ3n) is 5.07. The molecular weight excluding hydrogens is 541 g/mol. The van der Waals surface area contributed by atoms with Gasteiger partial charge >= 0.3 is 18.3 Å². The van der Waals surface area contributed by atoms with Crippen LogP contribution in [0.3, 0.4) is 0 Å². The Morgan fingerprint density at radius 3 is 1.68 bits per heavy atom. The molecule has 204 valence electrons. The summed E-state index contributed by atoms with van der Waals surface area (Å²) in [6.45, 7) is 1.94. The van der Waals surface area contributed by atoms with E-state index in [1.807, 2.05) is 6.92 Å². The summed E-state index contributed by atoms with van der Waals surface area (Å²) in [6, 6.07) is 7.62. The lowest BCUT2D eigenvalue weighted by Gasteiger charge is -2.21. The molecule has 0 saturated heterocycles. The predicted octanol–water partition coefficient (Wildman–Crippen LogP) is 9.04. The summed E-state index contributed by atoms with van der Waals surface area (Å²) >= 11 is 0. The Bertz CT molecular complexity index is 1330. The molecule has 0 saturated carbocycles. The van der Waals surface area contributed by atoms with Gasteiger partial charge in [0.25, 0.3) is 5.83 Å². The van der Waals surface area contributed by atoms with Crippen molar-refractivity contribution in [3.05, 3.63) is 94.8 Å². The van der Waals surface area contributed by atoms with E-state index in [4.69, 9.17) is 0 Å². The zero-order valence-corrected chi connectivity index (χ0v) is 19.0. The summed E-state index contributed by atoms with van der Waals surface area (Å²) < 4.78 is 158. The topological polar surface area (TPSA) is 18.5 Å². The van der Waals surface area contributed by atoms with Crippen molar-refractivity contribution in [2.24, 2.45) is 0 Å². The molecule has 0 N–H and O–H groups in total. The predicted molar refractivity (Wildman–Crippen MR) is 113 cm³/mol. The number of ether oxygens (including phenoxy) is 2. The fraction of sp³-hybridized carbons (Fsp3) is 0.200. The second kappa shape index (κ2) is 10.9. The molecule has 13 heteroatoms. The van der Waals surface area contributed by atoms with Crippen LogP contribution in [0, 0.1) is 23.3 Å². The van der Waals surface area contributed by atoms with Crippen molar-refractivity contribution < 1.29 is 57.8 Å². The first-order valence-corrected chi connectivity index (χ1v) is 10.6.